The fourth-order valence-corrected chi connectivity index (χ4v) is 6.17. The van der Waals surface area contributed by atoms with Crippen molar-refractivity contribution < 1.29 is 9.90 Å². The Morgan fingerprint density at radius 1 is 0.762 bits per heavy atom. The summed E-state index contributed by atoms with van der Waals surface area (Å²) in [4.78, 5) is 28.7. The number of hydrogen-bond donors (Lipinski definition) is 1. The molecule has 0 saturated carbocycles. The molecule has 0 unspecified atom stereocenters. The maximum Gasteiger partial charge on any atom is 0.335 e. The summed E-state index contributed by atoms with van der Waals surface area (Å²) in [5.41, 5.74) is 8.44. The molecule has 1 N–H and O–H groups in total. The number of piperidine rings is 1. The van der Waals surface area contributed by atoms with Crippen LogP contribution in [0.1, 0.15) is 40.6 Å². The summed E-state index contributed by atoms with van der Waals surface area (Å²) in [6.07, 6.45) is 2.20. The SMILES string of the molecule is Cc1nc2ccccc2n1C1CCN(Cc2ccc(-c3nc4cc(C(=O)O)ccc4nc3-c3ccccc3)cc2)CC1. The van der Waals surface area contributed by atoms with Gasteiger partial charge in [0.15, 0.2) is 0 Å². The van der Waals surface area contributed by atoms with Gasteiger partial charge in [-0.3, -0.25) is 4.90 Å². The molecule has 1 saturated heterocycles. The number of aromatic nitrogens is 4. The van der Waals surface area contributed by atoms with Crippen LogP contribution in [0.25, 0.3) is 44.6 Å². The van der Waals surface area contributed by atoms with Crippen LogP contribution in [-0.2, 0) is 6.54 Å². The molecule has 6 aromatic rings. The third-order valence-electron chi connectivity index (χ3n) is 8.29. The summed E-state index contributed by atoms with van der Waals surface area (Å²) in [7, 11) is 0. The maximum atomic E-state index is 11.6. The number of carbonyl (C=O) groups is 1. The summed E-state index contributed by atoms with van der Waals surface area (Å²) < 4.78 is 2.43. The normalized spacial score (nSPS) is 14.5. The molecule has 7 rings (SSSR count). The molecule has 208 valence electrons. The number of fused-ring (bicyclic) bond motifs is 2. The van der Waals surface area contributed by atoms with Crippen molar-refractivity contribution >= 4 is 28.0 Å². The zero-order chi connectivity index (χ0) is 28.6. The Kier molecular flexibility index (Phi) is 6.72. The van der Waals surface area contributed by atoms with Crippen LogP contribution in [0, 0.1) is 6.92 Å². The first-order valence-electron chi connectivity index (χ1n) is 14.4. The number of hydrogen-bond acceptors (Lipinski definition) is 5. The van der Waals surface area contributed by atoms with Crippen LogP contribution < -0.4 is 0 Å². The molecular weight excluding hydrogens is 522 g/mol. The van der Waals surface area contributed by atoms with Crippen molar-refractivity contribution in [1.82, 2.24) is 24.4 Å². The molecule has 7 heteroatoms. The van der Waals surface area contributed by atoms with Crippen LogP contribution in [0.2, 0.25) is 0 Å². The Hall–Kier alpha value is -4.88. The number of nitrogens with zero attached hydrogens (tertiary/aromatic N) is 5. The third kappa shape index (κ3) is 4.92. The van der Waals surface area contributed by atoms with E-state index in [1.165, 1.54) is 11.1 Å². The summed E-state index contributed by atoms with van der Waals surface area (Å²) >= 11 is 0. The van der Waals surface area contributed by atoms with Gasteiger partial charge in [0, 0.05) is 36.8 Å². The van der Waals surface area contributed by atoms with Gasteiger partial charge >= 0.3 is 5.97 Å². The second-order valence-electron chi connectivity index (χ2n) is 11.0. The van der Waals surface area contributed by atoms with E-state index >= 15 is 0 Å². The highest BCUT2D eigenvalue weighted by molar-refractivity contribution is 5.94. The highest BCUT2D eigenvalue weighted by atomic mass is 16.4. The monoisotopic (exact) mass is 553 g/mol. The van der Waals surface area contributed by atoms with Crippen LogP contribution in [0.4, 0.5) is 0 Å². The van der Waals surface area contributed by atoms with E-state index in [9.17, 15) is 9.90 Å². The number of para-hydroxylation sites is 2. The molecule has 42 heavy (non-hydrogen) atoms. The lowest BCUT2D eigenvalue weighted by atomic mass is 10.0. The van der Waals surface area contributed by atoms with Crippen molar-refractivity contribution in [3.05, 3.63) is 114 Å². The van der Waals surface area contributed by atoms with Gasteiger partial charge in [0.2, 0.25) is 0 Å². The van der Waals surface area contributed by atoms with Crippen molar-refractivity contribution in [1.29, 1.82) is 0 Å². The molecule has 0 atom stereocenters. The fraction of sp³-hybridized carbons (Fsp3) is 0.200. The molecule has 2 aromatic heterocycles. The third-order valence-corrected chi connectivity index (χ3v) is 8.29. The molecule has 1 fully saturated rings. The minimum absolute atomic E-state index is 0.200. The van der Waals surface area contributed by atoms with Gasteiger partial charge in [0.25, 0.3) is 0 Å². The van der Waals surface area contributed by atoms with E-state index < -0.39 is 5.97 Å². The average molecular weight is 554 g/mol. The van der Waals surface area contributed by atoms with Crippen molar-refractivity contribution in [2.75, 3.05) is 13.1 Å². The lowest BCUT2D eigenvalue weighted by Crippen LogP contribution is -2.34. The van der Waals surface area contributed by atoms with Crippen LogP contribution in [0.3, 0.4) is 0 Å². The van der Waals surface area contributed by atoms with E-state index in [-0.39, 0.29) is 5.56 Å². The topological polar surface area (TPSA) is 84.1 Å². The molecule has 0 amide bonds. The quantitative estimate of drug-likeness (QED) is 0.236. The van der Waals surface area contributed by atoms with Gasteiger partial charge in [0.05, 0.1) is 39.0 Å². The minimum atomic E-state index is -0.978. The number of likely N-dealkylation sites (tertiary alicyclic amines) is 1. The number of aromatic carboxylic acids is 1. The Labute approximate surface area is 244 Å². The Morgan fingerprint density at radius 2 is 1.43 bits per heavy atom. The Morgan fingerprint density at radius 3 is 2.17 bits per heavy atom. The Balaban J connectivity index is 1.12. The first-order chi connectivity index (χ1) is 20.5. The molecule has 4 aromatic carbocycles. The molecule has 7 nitrogen and oxygen atoms in total. The number of benzene rings is 4. The molecule has 0 spiro atoms. The van der Waals surface area contributed by atoms with Gasteiger partial charge in [-0.15, -0.1) is 0 Å². The van der Waals surface area contributed by atoms with E-state index in [0.29, 0.717) is 17.1 Å². The zero-order valence-electron chi connectivity index (χ0n) is 23.4. The van der Waals surface area contributed by atoms with Crippen LogP contribution in [-0.4, -0.2) is 48.6 Å². The smallest absolute Gasteiger partial charge is 0.335 e. The highest BCUT2D eigenvalue weighted by Crippen LogP contribution is 2.32. The minimum Gasteiger partial charge on any atom is -0.478 e. The van der Waals surface area contributed by atoms with E-state index in [0.717, 1.165) is 66.3 Å². The average Bonchev–Trinajstić information content (AvgIpc) is 3.37. The summed E-state index contributed by atoms with van der Waals surface area (Å²) in [6.45, 7) is 5.09. The van der Waals surface area contributed by atoms with E-state index in [2.05, 4.69) is 64.9 Å². The van der Waals surface area contributed by atoms with Crippen molar-refractivity contribution in [3.8, 4) is 22.5 Å². The lowest BCUT2D eigenvalue weighted by Gasteiger charge is -2.33. The number of aryl methyl sites for hydroxylation is 1. The van der Waals surface area contributed by atoms with Gasteiger partial charge in [-0.25, -0.2) is 19.7 Å². The zero-order valence-corrected chi connectivity index (χ0v) is 23.4. The second kappa shape index (κ2) is 10.8. The molecule has 0 radical (unpaired) electrons. The predicted octanol–water partition coefficient (Wildman–Crippen LogP) is 7.16. The van der Waals surface area contributed by atoms with Crippen molar-refractivity contribution in [2.45, 2.75) is 32.4 Å². The predicted molar refractivity (Wildman–Crippen MR) is 165 cm³/mol. The van der Waals surface area contributed by atoms with Gasteiger partial charge in [-0.1, -0.05) is 66.7 Å². The molecule has 1 aliphatic heterocycles. The Bertz CT molecular complexity index is 1910. The van der Waals surface area contributed by atoms with Gasteiger partial charge in [-0.05, 0) is 55.7 Å². The standard InChI is InChI=1S/C35H31N5O2/c1-23-36-30-9-5-6-10-32(30)40(23)28-17-19-39(20-18-28)22-24-11-13-26(14-12-24)34-33(25-7-3-2-4-8-25)37-29-16-15-27(35(41)42)21-31(29)38-34/h2-16,21,28H,17-20,22H2,1H3,(H,41,42). The maximum absolute atomic E-state index is 11.6. The fourth-order valence-electron chi connectivity index (χ4n) is 6.17. The van der Waals surface area contributed by atoms with Gasteiger partial charge < -0.3 is 9.67 Å². The second-order valence-corrected chi connectivity index (χ2v) is 11.0. The van der Waals surface area contributed by atoms with Crippen LogP contribution in [0.5, 0.6) is 0 Å². The number of carboxylic acid groups (broad SMARTS) is 1. The van der Waals surface area contributed by atoms with Crippen molar-refractivity contribution in [3.63, 3.8) is 0 Å². The summed E-state index contributed by atoms with van der Waals surface area (Å²) in [6, 6.07) is 32.3. The number of imidazole rings is 1. The van der Waals surface area contributed by atoms with Crippen LogP contribution in [0.15, 0.2) is 97.1 Å². The van der Waals surface area contributed by atoms with E-state index in [1.807, 2.05) is 30.3 Å². The largest absolute Gasteiger partial charge is 0.478 e. The van der Waals surface area contributed by atoms with Gasteiger partial charge in [0.1, 0.15) is 5.82 Å². The van der Waals surface area contributed by atoms with Crippen LogP contribution >= 0.6 is 0 Å². The van der Waals surface area contributed by atoms with E-state index in [4.69, 9.17) is 15.0 Å². The number of carboxylic acids is 1. The number of rotatable bonds is 6. The first kappa shape index (κ1) is 26.0. The van der Waals surface area contributed by atoms with Gasteiger partial charge in [-0.2, -0.15) is 0 Å². The lowest BCUT2D eigenvalue weighted by molar-refractivity contribution is 0.0697. The summed E-state index contributed by atoms with van der Waals surface area (Å²) in [5, 5.41) is 9.49. The molecule has 3 heterocycles. The van der Waals surface area contributed by atoms with Crippen molar-refractivity contribution in [2.24, 2.45) is 0 Å². The molecular formula is C35H31N5O2. The first-order valence-corrected chi connectivity index (χ1v) is 14.4. The summed E-state index contributed by atoms with van der Waals surface area (Å²) in [5.74, 6) is 0.116. The highest BCUT2D eigenvalue weighted by Gasteiger charge is 2.23. The molecule has 0 bridgehead atoms. The van der Waals surface area contributed by atoms with E-state index in [1.54, 1.807) is 18.2 Å². The molecule has 1 aliphatic rings. The molecule has 0 aliphatic carbocycles.